The van der Waals surface area contributed by atoms with Crippen LogP contribution in [0.15, 0.2) is 24.3 Å². The lowest BCUT2D eigenvalue weighted by atomic mass is 10.1. The van der Waals surface area contributed by atoms with Crippen molar-refractivity contribution < 1.29 is 9.59 Å². The Morgan fingerprint density at radius 2 is 1.67 bits per heavy atom. The van der Waals surface area contributed by atoms with Gasteiger partial charge in [-0.15, -0.1) is 0 Å². The number of nitrogens with zero attached hydrogens (tertiary/aromatic N) is 2. The largest absolute Gasteiger partial charge is 0.341 e. The van der Waals surface area contributed by atoms with E-state index in [1.807, 2.05) is 36.1 Å². The summed E-state index contributed by atoms with van der Waals surface area (Å²) in [5, 5.41) is 0. The van der Waals surface area contributed by atoms with Crippen molar-refractivity contribution in [2.45, 2.75) is 38.6 Å². The number of aryl methyl sites for hydroxylation is 1. The Labute approximate surface area is 125 Å². The van der Waals surface area contributed by atoms with Crippen molar-refractivity contribution in [1.29, 1.82) is 0 Å². The van der Waals surface area contributed by atoms with Crippen LogP contribution in [0.4, 0.5) is 0 Å². The molecule has 0 radical (unpaired) electrons. The second kappa shape index (κ2) is 5.88. The lowest BCUT2D eigenvalue weighted by Gasteiger charge is -2.27. The summed E-state index contributed by atoms with van der Waals surface area (Å²) in [6.07, 6.45) is 3.89. The molecule has 2 amide bonds. The Hall–Kier alpha value is -1.84. The molecule has 2 aliphatic heterocycles. The average molecular weight is 286 g/mol. The Bertz CT molecular complexity index is 532. The second-order valence-corrected chi connectivity index (χ2v) is 6.05. The van der Waals surface area contributed by atoms with Gasteiger partial charge in [-0.2, -0.15) is 0 Å². The van der Waals surface area contributed by atoms with Crippen LogP contribution in [0.1, 0.15) is 41.6 Å². The SMILES string of the molecule is Cc1ccc(C(=O)N2CCC[C@@H]2C(=O)N2CCCC2)cc1. The van der Waals surface area contributed by atoms with Crippen LogP contribution in [-0.2, 0) is 4.79 Å². The van der Waals surface area contributed by atoms with Gasteiger partial charge in [0, 0.05) is 25.2 Å². The monoisotopic (exact) mass is 286 g/mol. The molecule has 0 unspecified atom stereocenters. The molecule has 21 heavy (non-hydrogen) atoms. The van der Waals surface area contributed by atoms with E-state index in [1.54, 1.807) is 4.90 Å². The van der Waals surface area contributed by atoms with Crippen molar-refractivity contribution in [3.05, 3.63) is 35.4 Å². The van der Waals surface area contributed by atoms with E-state index in [0.717, 1.165) is 44.3 Å². The maximum atomic E-state index is 12.6. The summed E-state index contributed by atoms with van der Waals surface area (Å²) < 4.78 is 0. The Morgan fingerprint density at radius 1 is 1.00 bits per heavy atom. The lowest BCUT2D eigenvalue weighted by molar-refractivity contribution is -0.134. The van der Waals surface area contributed by atoms with Gasteiger partial charge in [0.15, 0.2) is 0 Å². The molecule has 1 aromatic rings. The molecule has 4 nitrogen and oxygen atoms in total. The van der Waals surface area contributed by atoms with E-state index in [2.05, 4.69) is 0 Å². The van der Waals surface area contributed by atoms with Crippen LogP contribution in [0.2, 0.25) is 0 Å². The van der Waals surface area contributed by atoms with Crippen molar-refractivity contribution in [3.8, 4) is 0 Å². The molecule has 112 valence electrons. The van der Waals surface area contributed by atoms with E-state index in [9.17, 15) is 9.59 Å². The van der Waals surface area contributed by atoms with Crippen LogP contribution in [-0.4, -0.2) is 47.3 Å². The first-order valence-electron chi connectivity index (χ1n) is 7.83. The summed E-state index contributed by atoms with van der Waals surface area (Å²) in [7, 11) is 0. The molecule has 0 saturated carbocycles. The molecule has 2 fully saturated rings. The summed E-state index contributed by atoms with van der Waals surface area (Å²) in [6.45, 7) is 4.39. The van der Waals surface area contributed by atoms with Crippen LogP contribution in [0.25, 0.3) is 0 Å². The topological polar surface area (TPSA) is 40.6 Å². The number of hydrogen-bond donors (Lipinski definition) is 0. The molecule has 0 bridgehead atoms. The number of carbonyl (C=O) groups excluding carboxylic acids is 2. The zero-order valence-corrected chi connectivity index (χ0v) is 12.5. The predicted octanol–water partition coefficient (Wildman–Crippen LogP) is 2.22. The summed E-state index contributed by atoms with van der Waals surface area (Å²) in [6, 6.07) is 7.35. The lowest BCUT2D eigenvalue weighted by Crippen LogP contribution is -2.46. The molecular weight excluding hydrogens is 264 g/mol. The first-order chi connectivity index (χ1) is 10.2. The Kier molecular flexibility index (Phi) is 3.95. The number of likely N-dealkylation sites (tertiary alicyclic amines) is 2. The van der Waals surface area contributed by atoms with Crippen LogP contribution in [0.3, 0.4) is 0 Å². The first kappa shape index (κ1) is 14.1. The number of amides is 2. The highest BCUT2D eigenvalue weighted by molar-refractivity contribution is 5.98. The Morgan fingerprint density at radius 3 is 2.33 bits per heavy atom. The van der Waals surface area contributed by atoms with Crippen molar-refractivity contribution >= 4 is 11.8 Å². The number of rotatable bonds is 2. The zero-order chi connectivity index (χ0) is 14.8. The number of hydrogen-bond acceptors (Lipinski definition) is 2. The fourth-order valence-electron chi connectivity index (χ4n) is 3.28. The van der Waals surface area contributed by atoms with Gasteiger partial charge in [-0.25, -0.2) is 0 Å². The maximum Gasteiger partial charge on any atom is 0.254 e. The van der Waals surface area contributed by atoms with Gasteiger partial charge < -0.3 is 9.80 Å². The van der Waals surface area contributed by atoms with Crippen LogP contribution in [0, 0.1) is 6.92 Å². The van der Waals surface area contributed by atoms with E-state index in [-0.39, 0.29) is 17.9 Å². The normalized spacial score (nSPS) is 21.9. The number of carbonyl (C=O) groups is 2. The van der Waals surface area contributed by atoms with Gasteiger partial charge in [-0.1, -0.05) is 17.7 Å². The summed E-state index contributed by atoms with van der Waals surface area (Å²) >= 11 is 0. The fraction of sp³-hybridized carbons (Fsp3) is 0.529. The van der Waals surface area contributed by atoms with E-state index >= 15 is 0 Å². The smallest absolute Gasteiger partial charge is 0.254 e. The molecule has 3 rings (SSSR count). The van der Waals surface area contributed by atoms with Crippen LogP contribution < -0.4 is 0 Å². The molecule has 1 aromatic carbocycles. The minimum atomic E-state index is -0.253. The van der Waals surface area contributed by atoms with Gasteiger partial charge in [0.25, 0.3) is 5.91 Å². The van der Waals surface area contributed by atoms with Crippen molar-refractivity contribution in [2.75, 3.05) is 19.6 Å². The standard InChI is InChI=1S/C17H22N2O2/c1-13-6-8-14(9-7-13)16(20)19-12-4-5-15(19)17(21)18-10-2-3-11-18/h6-9,15H,2-5,10-12H2,1H3/t15-/m1/s1. The minimum absolute atomic E-state index is 0.00922. The predicted molar refractivity (Wildman–Crippen MR) is 81.1 cm³/mol. The van der Waals surface area contributed by atoms with E-state index in [1.165, 1.54) is 0 Å². The van der Waals surface area contributed by atoms with Crippen molar-refractivity contribution in [2.24, 2.45) is 0 Å². The molecule has 2 heterocycles. The molecular formula is C17H22N2O2. The molecule has 1 atom stereocenters. The van der Waals surface area contributed by atoms with Gasteiger partial charge in [-0.3, -0.25) is 9.59 Å². The van der Waals surface area contributed by atoms with Gasteiger partial charge in [0.05, 0.1) is 0 Å². The van der Waals surface area contributed by atoms with Gasteiger partial charge in [0.2, 0.25) is 5.91 Å². The highest BCUT2D eigenvalue weighted by Gasteiger charge is 2.37. The third-order valence-electron chi connectivity index (χ3n) is 4.51. The molecule has 0 aliphatic carbocycles. The van der Waals surface area contributed by atoms with Gasteiger partial charge >= 0.3 is 0 Å². The highest BCUT2D eigenvalue weighted by atomic mass is 16.2. The third-order valence-corrected chi connectivity index (χ3v) is 4.51. The first-order valence-corrected chi connectivity index (χ1v) is 7.83. The highest BCUT2D eigenvalue weighted by Crippen LogP contribution is 2.23. The van der Waals surface area contributed by atoms with E-state index in [0.29, 0.717) is 12.1 Å². The quantitative estimate of drug-likeness (QED) is 0.836. The molecule has 0 spiro atoms. The van der Waals surface area contributed by atoms with Gasteiger partial charge in [0.1, 0.15) is 6.04 Å². The van der Waals surface area contributed by atoms with E-state index < -0.39 is 0 Å². The fourth-order valence-corrected chi connectivity index (χ4v) is 3.28. The zero-order valence-electron chi connectivity index (χ0n) is 12.5. The molecule has 0 N–H and O–H groups in total. The second-order valence-electron chi connectivity index (χ2n) is 6.05. The van der Waals surface area contributed by atoms with Crippen molar-refractivity contribution in [1.82, 2.24) is 9.80 Å². The molecule has 2 aliphatic rings. The molecule has 4 heteroatoms. The Balaban J connectivity index is 1.75. The summed E-state index contributed by atoms with van der Waals surface area (Å²) in [4.78, 5) is 28.9. The van der Waals surface area contributed by atoms with Crippen LogP contribution >= 0.6 is 0 Å². The van der Waals surface area contributed by atoms with Crippen LogP contribution in [0.5, 0.6) is 0 Å². The third kappa shape index (κ3) is 2.80. The van der Waals surface area contributed by atoms with E-state index in [4.69, 9.17) is 0 Å². The molecule has 0 aromatic heterocycles. The number of benzene rings is 1. The summed E-state index contributed by atoms with van der Waals surface area (Å²) in [5.74, 6) is 0.135. The summed E-state index contributed by atoms with van der Waals surface area (Å²) in [5.41, 5.74) is 1.82. The van der Waals surface area contributed by atoms with Crippen molar-refractivity contribution in [3.63, 3.8) is 0 Å². The van der Waals surface area contributed by atoms with Gasteiger partial charge in [-0.05, 0) is 44.7 Å². The molecule has 2 saturated heterocycles. The maximum absolute atomic E-state index is 12.6. The average Bonchev–Trinajstić information content (AvgIpc) is 3.18. The minimum Gasteiger partial charge on any atom is -0.341 e.